The highest BCUT2D eigenvalue weighted by Gasteiger charge is 2.41. The Morgan fingerprint density at radius 3 is 2.67 bits per heavy atom. The third kappa shape index (κ3) is 2.64. The van der Waals surface area contributed by atoms with Crippen molar-refractivity contribution >= 4 is 23.9 Å². The Labute approximate surface area is 110 Å². The summed E-state index contributed by atoms with van der Waals surface area (Å²) in [7, 11) is 0. The van der Waals surface area contributed by atoms with E-state index in [4.69, 9.17) is 21.4 Å². The summed E-state index contributed by atoms with van der Waals surface area (Å²) in [6.07, 6.45) is 3.05. The molecular weight excluding hydrogens is 256 g/mol. The predicted molar refractivity (Wildman–Crippen MR) is 66.3 cm³/mol. The van der Waals surface area contributed by atoms with Crippen molar-refractivity contribution in [3.05, 3.63) is 28.8 Å². The van der Waals surface area contributed by atoms with Crippen LogP contribution in [0.1, 0.15) is 36.0 Å². The lowest BCUT2D eigenvalue weighted by atomic mass is 9.77. The van der Waals surface area contributed by atoms with Crippen LogP contribution in [-0.2, 0) is 4.79 Å². The highest BCUT2D eigenvalue weighted by Crippen LogP contribution is 2.41. The number of carbonyl (C=O) groups excluding carboxylic acids is 1. The SMILES string of the molecule is O=Cc1ccc(OC2(CC(=O)O)CCC2)c(Cl)c1. The fourth-order valence-corrected chi connectivity index (χ4v) is 2.30. The van der Waals surface area contributed by atoms with Gasteiger partial charge in [-0.3, -0.25) is 9.59 Å². The van der Waals surface area contributed by atoms with Gasteiger partial charge in [-0.1, -0.05) is 11.6 Å². The van der Waals surface area contributed by atoms with E-state index in [-0.39, 0.29) is 6.42 Å². The first-order valence-corrected chi connectivity index (χ1v) is 6.08. The normalized spacial score (nSPS) is 16.7. The molecule has 0 saturated heterocycles. The van der Waals surface area contributed by atoms with Gasteiger partial charge in [0.1, 0.15) is 17.6 Å². The van der Waals surface area contributed by atoms with Crippen molar-refractivity contribution in [1.29, 1.82) is 0 Å². The lowest BCUT2D eigenvalue weighted by Crippen LogP contribution is -2.45. The Kier molecular flexibility index (Phi) is 3.57. The van der Waals surface area contributed by atoms with Crippen LogP contribution in [0.3, 0.4) is 0 Å². The van der Waals surface area contributed by atoms with E-state index in [2.05, 4.69) is 0 Å². The Hall–Kier alpha value is -1.55. The fourth-order valence-electron chi connectivity index (χ4n) is 2.07. The van der Waals surface area contributed by atoms with Crippen molar-refractivity contribution in [3.8, 4) is 5.75 Å². The molecule has 0 aliphatic heterocycles. The van der Waals surface area contributed by atoms with Gasteiger partial charge in [-0.05, 0) is 37.5 Å². The number of aliphatic carboxylic acids is 1. The maximum absolute atomic E-state index is 10.8. The fraction of sp³-hybridized carbons (Fsp3) is 0.385. The van der Waals surface area contributed by atoms with Gasteiger partial charge in [0.25, 0.3) is 0 Å². The number of carboxylic acids is 1. The minimum absolute atomic E-state index is 0.0290. The van der Waals surface area contributed by atoms with Gasteiger partial charge >= 0.3 is 5.97 Å². The van der Waals surface area contributed by atoms with E-state index >= 15 is 0 Å². The molecule has 0 amide bonds. The van der Waals surface area contributed by atoms with Crippen molar-refractivity contribution in [3.63, 3.8) is 0 Å². The molecule has 0 spiro atoms. The average molecular weight is 269 g/mol. The summed E-state index contributed by atoms with van der Waals surface area (Å²) in [6.45, 7) is 0. The van der Waals surface area contributed by atoms with Crippen LogP contribution in [0.15, 0.2) is 18.2 Å². The highest BCUT2D eigenvalue weighted by atomic mass is 35.5. The minimum Gasteiger partial charge on any atom is -0.485 e. The van der Waals surface area contributed by atoms with Gasteiger partial charge < -0.3 is 9.84 Å². The summed E-state index contributed by atoms with van der Waals surface area (Å²) in [4.78, 5) is 21.4. The number of carboxylic acid groups (broad SMARTS) is 1. The summed E-state index contributed by atoms with van der Waals surface area (Å²) < 4.78 is 5.75. The third-order valence-electron chi connectivity index (χ3n) is 3.16. The average Bonchev–Trinajstić information content (AvgIpc) is 2.28. The largest absolute Gasteiger partial charge is 0.485 e. The first-order valence-electron chi connectivity index (χ1n) is 5.70. The van der Waals surface area contributed by atoms with Crippen LogP contribution in [0.4, 0.5) is 0 Å². The molecule has 1 N–H and O–H groups in total. The quantitative estimate of drug-likeness (QED) is 0.834. The smallest absolute Gasteiger partial charge is 0.307 e. The number of benzene rings is 1. The lowest BCUT2D eigenvalue weighted by molar-refractivity contribution is -0.144. The van der Waals surface area contributed by atoms with Gasteiger partial charge in [-0.25, -0.2) is 0 Å². The summed E-state index contributed by atoms with van der Waals surface area (Å²) in [6, 6.07) is 4.71. The summed E-state index contributed by atoms with van der Waals surface area (Å²) in [5, 5.41) is 9.21. The maximum Gasteiger partial charge on any atom is 0.307 e. The molecule has 1 aliphatic carbocycles. The molecule has 0 heterocycles. The molecule has 1 aliphatic rings. The first kappa shape index (κ1) is 12.9. The van der Waals surface area contributed by atoms with E-state index in [1.807, 2.05) is 0 Å². The zero-order valence-corrected chi connectivity index (χ0v) is 10.4. The van der Waals surface area contributed by atoms with E-state index in [1.165, 1.54) is 6.07 Å². The molecule has 2 rings (SSSR count). The van der Waals surface area contributed by atoms with E-state index in [9.17, 15) is 9.59 Å². The van der Waals surface area contributed by atoms with E-state index in [1.54, 1.807) is 12.1 Å². The molecule has 0 aromatic heterocycles. The Bertz CT molecular complexity index is 480. The number of hydrogen-bond acceptors (Lipinski definition) is 3. The monoisotopic (exact) mass is 268 g/mol. The van der Waals surface area contributed by atoms with Crippen LogP contribution in [0, 0.1) is 0 Å². The van der Waals surface area contributed by atoms with Crippen LogP contribution in [0.2, 0.25) is 5.02 Å². The second-order valence-electron chi connectivity index (χ2n) is 4.52. The van der Waals surface area contributed by atoms with Gasteiger partial charge in [0.05, 0.1) is 11.4 Å². The number of ether oxygens (including phenoxy) is 1. The molecule has 1 aromatic rings. The molecule has 0 radical (unpaired) electrons. The summed E-state index contributed by atoms with van der Waals surface area (Å²) in [5.74, 6) is -0.446. The maximum atomic E-state index is 10.8. The molecule has 1 aromatic carbocycles. The van der Waals surface area contributed by atoms with Gasteiger partial charge in [0, 0.05) is 5.56 Å². The molecule has 18 heavy (non-hydrogen) atoms. The Balaban J connectivity index is 2.17. The number of hydrogen-bond donors (Lipinski definition) is 1. The highest BCUT2D eigenvalue weighted by molar-refractivity contribution is 6.32. The minimum atomic E-state index is -0.879. The van der Waals surface area contributed by atoms with Gasteiger partial charge in [-0.15, -0.1) is 0 Å². The van der Waals surface area contributed by atoms with Crippen molar-refractivity contribution in [2.24, 2.45) is 0 Å². The molecule has 96 valence electrons. The topological polar surface area (TPSA) is 63.6 Å². The number of rotatable bonds is 5. The van der Waals surface area contributed by atoms with Crippen molar-refractivity contribution < 1.29 is 19.4 Å². The van der Waals surface area contributed by atoms with Crippen LogP contribution < -0.4 is 4.74 Å². The second kappa shape index (κ2) is 4.98. The van der Waals surface area contributed by atoms with Crippen LogP contribution >= 0.6 is 11.6 Å². The second-order valence-corrected chi connectivity index (χ2v) is 4.92. The van der Waals surface area contributed by atoms with Gasteiger partial charge in [0.15, 0.2) is 0 Å². The Morgan fingerprint density at radius 1 is 1.50 bits per heavy atom. The molecule has 4 nitrogen and oxygen atoms in total. The van der Waals surface area contributed by atoms with Crippen molar-refractivity contribution in [2.45, 2.75) is 31.3 Å². The molecule has 0 atom stereocenters. The molecule has 1 saturated carbocycles. The van der Waals surface area contributed by atoms with Crippen molar-refractivity contribution in [2.75, 3.05) is 0 Å². The van der Waals surface area contributed by atoms with Crippen molar-refractivity contribution in [1.82, 2.24) is 0 Å². The molecule has 5 heteroatoms. The standard InChI is InChI=1S/C13H13ClO4/c14-10-6-9(8-15)2-3-11(10)18-13(4-1-5-13)7-12(16)17/h2-3,6,8H,1,4-5,7H2,(H,16,17). The van der Waals surface area contributed by atoms with E-state index in [0.717, 1.165) is 6.42 Å². The van der Waals surface area contributed by atoms with Crippen LogP contribution in [-0.4, -0.2) is 23.0 Å². The number of carbonyl (C=O) groups is 2. The van der Waals surface area contributed by atoms with Crippen LogP contribution in [0.5, 0.6) is 5.75 Å². The third-order valence-corrected chi connectivity index (χ3v) is 3.45. The van der Waals surface area contributed by atoms with Crippen LogP contribution in [0.25, 0.3) is 0 Å². The van der Waals surface area contributed by atoms with E-state index < -0.39 is 11.6 Å². The zero-order valence-electron chi connectivity index (χ0n) is 9.69. The molecule has 0 bridgehead atoms. The van der Waals surface area contributed by atoms with E-state index in [0.29, 0.717) is 35.5 Å². The molecular formula is C13H13ClO4. The first-order chi connectivity index (χ1) is 8.54. The molecule has 1 fully saturated rings. The predicted octanol–water partition coefficient (Wildman–Crippen LogP) is 2.93. The lowest BCUT2D eigenvalue weighted by Gasteiger charge is -2.41. The Morgan fingerprint density at radius 2 is 2.22 bits per heavy atom. The van der Waals surface area contributed by atoms with Gasteiger partial charge in [0.2, 0.25) is 0 Å². The zero-order chi connectivity index (χ0) is 13.2. The summed E-state index contributed by atoms with van der Waals surface area (Å²) in [5.41, 5.74) is -0.175. The summed E-state index contributed by atoms with van der Waals surface area (Å²) >= 11 is 6.00. The van der Waals surface area contributed by atoms with Gasteiger partial charge in [-0.2, -0.15) is 0 Å². The number of halogens is 1. The molecule has 0 unspecified atom stereocenters. The number of aldehydes is 1.